The minimum absolute atomic E-state index is 0.00863. The van der Waals surface area contributed by atoms with E-state index in [1.165, 1.54) is 17.8 Å². The number of carbonyl (C=O) groups is 2. The molecule has 0 saturated carbocycles. The summed E-state index contributed by atoms with van der Waals surface area (Å²) < 4.78 is 8.35. The number of hydrogen-bond acceptors (Lipinski definition) is 6. The van der Waals surface area contributed by atoms with Gasteiger partial charge in [-0.25, -0.2) is 14.5 Å². The number of nitrogens with zero attached hydrogens (tertiary/aromatic N) is 4. The number of para-hydroxylation sites is 3. The van der Waals surface area contributed by atoms with Gasteiger partial charge in [-0.2, -0.15) is 0 Å². The second-order valence-corrected chi connectivity index (χ2v) is 7.22. The van der Waals surface area contributed by atoms with Gasteiger partial charge in [0.15, 0.2) is 11.8 Å². The maximum atomic E-state index is 12.9. The molecule has 9 nitrogen and oxygen atoms in total. The van der Waals surface area contributed by atoms with Crippen LogP contribution in [0, 0.1) is 6.92 Å². The van der Waals surface area contributed by atoms with Crippen molar-refractivity contribution in [1.29, 1.82) is 0 Å². The Labute approximate surface area is 183 Å². The van der Waals surface area contributed by atoms with Crippen LogP contribution in [-0.4, -0.2) is 37.3 Å². The number of esters is 1. The number of nitrogens with one attached hydrogen (secondary N) is 1. The lowest BCUT2D eigenvalue weighted by Crippen LogP contribution is -2.32. The van der Waals surface area contributed by atoms with Crippen molar-refractivity contribution in [2.24, 2.45) is 7.05 Å². The number of aromatic nitrogens is 4. The standard InChI is InChI=1S/C23H21N5O4/c1-14-20(22(30)28(27(14)3)16-9-5-4-6-10-16)26-21(29)15(2)32-23(31)19-13-24-17-11-7-8-12-18(17)25-19/h4-13,15H,1-3H3,(H,26,29). The Kier molecular flexibility index (Phi) is 5.55. The van der Waals surface area contributed by atoms with E-state index < -0.39 is 18.0 Å². The number of rotatable bonds is 5. The molecule has 4 rings (SSSR count). The van der Waals surface area contributed by atoms with E-state index in [0.29, 0.717) is 22.4 Å². The Morgan fingerprint density at radius 3 is 2.41 bits per heavy atom. The molecule has 0 bridgehead atoms. The molecule has 1 N–H and O–H groups in total. The second-order valence-electron chi connectivity index (χ2n) is 7.22. The Hall–Kier alpha value is -4.27. The first-order valence-corrected chi connectivity index (χ1v) is 9.94. The molecule has 2 heterocycles. The van der Waals surface area contributed by atoms with Gasteiger partial charge in [0, 0.05) is 7.05 Å². The molecule has 162 valence electrons. The van der Waals surface area contributed by atoms with Gasteiger partial charge in [-0.1, -0.05) is 30.3 Å². The van der Waals surface area contributed by atoms with Crippen molar-refractivity contribution < 1.29 is 14.3 Å². The molecule has 0 saturated heterocycles. The SMILES string of the molecule is Cc1c(NC(=O)C(C)OC(=O)c2cnc3ccccc3n2)c(=O)n(-c2ccccc2)n1C. The molecule has 0 radical (unpaired) electrons. The third-order valence-corrected chi connectivity index (χ3v) is 5.11. The summed E-state index contributed by atoms with van der Waals surface area (Å²) in [6.45, 7) is 3.15. The van der Waals surface area contributed by atoms with Gasteiger partial charge in [0.05, 0.1) is 28.6 Å². The quantitative estimate of drug-likeness (QED) is 0.487. The number of fused-ring (bicyclic) bond motifs is 1. The zero-order valence-electron chi connectivity index (χ0n) is 17.8. The van der Waals surface area contributed by atoms with Gasteiger partial charge in [-0.15, -0.1) is 0 Å². The smallest absolute Gasteiger partial charge is 0.359 e. The minimum Gasteiger partial charge on any atom is -0.448 e. The van der Waals surface area contributed by atoms with Crippen molar-refractivity contribution in [3.05, 3.63) is 82.5 Å². The highest BCUT2D eigenvalue weighted by molar-refractivity contribution is 5.97. The van der Waals surface area contributed by atoms with Crippen molar-refractivity contribution in [3.8, 4) is 5.69 Å². The molecule has 2 aromatic heterocycles. The van der Waals surface area contributed by atoms with E-state index >= 15 is 0 Å². The van der Waals surface area contributed by atoms with E-state index in [9.17, 15) is 14.4 Å². The third kappa shape index (κ3) is 3.87. The maximum Gasteiger partial charge on any atom is 0.359 e. The first kappa shape index (κ1) is 21.0. The number of amides is 1. The molecule has 1 amide bonds. The van der Waals surface area contributed by atoms with E-state index in [-0.39, 0.29) is 16.9 Å². The van der Waals surface area contributed by atoms with Gasteiger partial charge in [0.2, 0.25) is 0 Å². The lowest BCUT2D eigenvalue weighted by atomic mass is 10.3. The summed E-state index contributed by atoms with van der Waals surface area (Å²) in [6, 6.07) is 16.2. The van der Waals surface area contributed by atoms with E-state index in [1.807, 2.05) is 24.3 Å². The molecule has 0 fully saturated rings. The van der Waals surface area contributed by atoms with Crippen LogP contribution in [0.25, 0.3) is 16.7 Å². The summed E-state index contributed by atoms with van der Waals surface area (Å²) in [5.74, 6) is -1.41. The number of ether oxygens (including phenoxy) is 1. The third-order valence-electron chi connectivity index (χ3n) is 5.11. The predicted molar refractivity (Wildman–Crippen MR) is 119 cm³/mol. The molecular weight excluding hydrogens is 410 g/mol. The Morgan fingerprint density at radius 1 is 1.03 bits per heavy atom. The fraction of sp³-hybridized carbons (Fsp3) is 0.174. The summed E-state index contributed by atoms with van der Waals surface area (Å²) in [5.41, 5.74) is 2.14. The van der Waals surface area contributed by atoms with Crippen molar-refractivity contribution in [1.82, 2.24) is 19.3 Å². The topological polar surface area (TPSA) is 108 Å². The molecule has 0 aliphatic rings. The van der Waals surface area contributed by atoms with Crippen molar-refractivity contribution in [2.45, 2.75) is 20.0 Å². The average molecular weight is 431 g/mol. The van der Waals surface area contributed by atoms with Crippen molar-refractivity contribution in [2.75, 3.05) is 5.32 Å². The minimum atomic E-state index is -1.15. The van der Waals surface area contributed by atoms with Crippen LogP contribution in [0.2, 0.25) is 0 Å². The zero-order chi connectivity index (χ0) is 22.8. The Balaban J connectivity index is 1.51. The van der Waals surface area contributed by atoms with Crippen LogP contribution in [-0.2, 0) is 16.6 Å². The summed E-state index contributed by atoms with van der Waals surface area (Å²) in [6.07, 6.45) is 0.148. The van der Waals surface area contributed by atoms with Crippen LogP contribution < -0.4 is 10.9 Å². The largest absolute Gasteiger partial charge is 0.448 e. The number of benzene rings is 2. The van der Waals surface area contributed by atoms with Gasteiger partial charge in [0.25, 0.3) is 11.5 Å². The monoisotopic (exact) mass is 431 g/mol. The summed E-state index contributed by atoms with van der Waals surface area (Å²) in [5, 5.41) is 2.59. The number of anilines is 1. The summed E-state index contributed by atoms with van der Waals surface area (Å²) in [7, 11) is 1.72. The summed E-state index contributed by atoms with van der Waals surface area (Å²) in [4.78, 5) is 46.5. The van der Waals surface area contributed by atoms with Crippen LogP contribution in [0.1, 0.15) is 23.1 Å². The van der Waals surface area contributed by atoms with Crippen LogP contribution in [0.3, 0.4) is 0 Å². The van der Waals surface area contributed by atoms with E-state index in [4.69, 9.17) is 4.74 Å². The molecule has 0 aliphatic heterocycles. The highest BCUT2D eigenvalue weighted by atomic mass is 16.5. The molecular formula is C23H21N5O4. The molecule has 1 unspecified atom stereocenters. The van der Waals surface area contributed by atoms with E-state index in [0.717, 1.165) is 0 Å². The summed E-state index contributed by atoms with van der Waals surface area (Å²) >= 11 is 0. The molecule has 4 aromatic rings. The van der Waals surface area contributed by atoms with E-state index in [1.54, 1.807) is 49.0 Å². The van der Waals surface area contributed by atoms with Crippen LogP contribution in [0.15, 0.2) is 65.6 Å². The lowest BCUT2D eigenvalue weighted by Gasteiger charge is -2.12. The Bertz CT molecular complexity index is 1370. The molecule has 1 atom stereocenters. The predicted octanol–water partition coefficient (Wildman–Crippen LogP) is 2.61. The fourth-order valence-electron chi connectivity index (χ4n) is 3.27. The highest BCUT2D eigenvalue weighted by Gasteiger charge is 2.24. The van der Waals surface area contributed by atoms with Crippen molar-refractivity contribution >= 4 is 28.6 Å². The van der Waals surface area contributed by atoms with E-state index in [2.05, 4.69) is 15.3 Å². The Morgan fingerprint density at radius 2 is 1.69 bits per heavy atom. The van der Waals surface area contributed by atoms with Crippen LogP contribution in [0.5, 0.6) is 0 Å². The van der Waals surface area contributed by atoms with Gasteiger partial charge in [0.1, 0.15) is 5.69 Å². The van der Waals surface area contributed by atoms with Gasteiger partial charge in [-0.3, -0.25) is 19.3 Å². The average Bonchev–Trinajstić information content (AvgIpc) is 3.02. The zero-order valence-corrected chi connectivity index (χ0v) is 17.8. The maximum absolute atomic E-state index is 12.9. The molecule has 0 aliphatic carbocycles. The molecule has 32 heavy (non-hydrogen) atoms. The highest BCUT2D eigenvalue weighted by Crippen LogP contribution is 2.15. The fourth-order valence-corrected chi connectivity index (χ4v) is 3.27. The van der Waals surface area contributed by atoms with Gasteiger partial charge < -0.3 is 10.1 Å². The normalized spacial score (nSPS) is 11.8. The first-order valence-electron chi connectivity index (χ1n) is 9.94. The van der Waals surface area contributed by atoms with Crippen molar-refractivity contribution in [3.63, 3.8) is 0 Å². The number of hydrogen-bond donors (Lipinski definition) is 1. The first-order chi connectivity index (χ1) is 15.4. The lowest BCUT2D eigenvalue weighted by molar-refractivity contribution is -0.123. The number of carbonyl (C=O) groups excluding carboxylic acids is 2. The van der Waals surface area contributed by atoms with Crippen LogP contribution >= 0.6 is 0 Å². The molecule has 2 aromatic carbocycles. The van der Waals surface area contributed by atoms with Gasteiger partial charge >= 0.3 is 5.97 Å². The second kappa shape index (κ2) is 8.46. The molecule has 9 heteroatoms. The van der Waals surface area contributed by atoms with Crippen LogP contribution in [0.4, 0.5) is 5.69 Å². The van der Waals surface area contributed by atoms with Gasteiger partial charge in [-0.05, 0) is 38.1 Å². The molecule has 0 spiro atoms.